The Hall–Kier alpha value is -3.95. The Bertz CT molecular complexity index is 1350. The van der Waals surface area contributed by atoms with E-state index in [1.807, 2.05) is 17.2 Å². The van der Waals surface area contributed by atoms with Crippen LogP contribution in [0.2, 0.25) is 0 Å². The van der Waals surface area contributed by atoms with E-state index < -0.39 is 6.03 Å². The Morgan fingerprint density at radius 1 is 0.949 bits per heavy atom. The summed E-state index contributed by atoms with van der Waals surface area (Å²) in [6.07, 6.45) is 5.14. The van der Waals surface area contributed by atoms with Crippen LogP contribution in [0.4, 0.5) is 16.3 Å². The number of pyridine rings is 1. The lowest BCUT2D eigenvalue weighted by Crippen LogP contribution is -2.49. The van der Waals surface area contributed by atoms with Gasteiger partial charge in [0.1, 0.15) is 5.82 Å². The smallest absolute Gasteiger partial charge is 0.331 e. The molecule has 10 nitrogen and oxygen atoms in total. The first-order valence-corrected chi connectivity index (χ1v) is 13.8. The highest BCUT2D eigenvalue weighted by Crippen LogP contribution is 2.40. The fraction of sp³-hybridized carbons (Fsp3) is 0.483. The average molecular weight is 531 g/mol. The number of aromatic nitrogens is 1. The number of nitrogens with one attached hydrogen (secondary N) is 1. The van der Waals surface area contributed by atoms with E-state index >= 15 is 0 Å². The van der Waals surface area contributed by atoms with Gasteiger partial charge in [-0.2, -0.15) is 0 Å². The molecule has 1 N–H and O–H groups in total. The van der Waals surface area contributed by atoms with E-state index in [-0.39, 0.29) is 30.2 Å². The van der Waals surface area contributed by atoms with Crippen molar-refractivity contribution in [3.8, 4) is 0 Å². The largest absolute Gasteiger partial charge is 0.356 e. The molecule has 1 aromatic carbocycles. The highest BCUT2D eigenvalue weighted by molar-refractivity contribution is 6.09. The average Bonchev–Trinajstić information content (AvgIpc) is 3.59. The number of hydrogen-bond acceptors (Lipinski definition) is 6. The van der Waals surface area contributed by atoms with Gasteiger partial charge in [0.2, 0.25) is 11.8 Å². The number of urea groups is 1. The molecule has 204 valence electrons. The van der Waals surface area contributed by atoms with E-state index in [4.69, 9.17) is 4.98 Å². The van der Waals surface area contributed by atoms with Crippen molar-refractivity contribution in [1.29, 1.82) is 0 Å². The number of carbonyl (C=O) groups is 4. The Balaban J connectivity index is 1.23. The van der Waals surface area contributed by atoms with Crippen molar-refractivity contribution in [1.82, 2.24) is 20.1 Å². The second kappa shape index (κ2) is 9.98. The molecular weight excluding hydrogens is 496 g/mol. The standard InChI is InChI=1S/C29H34N6O4/c1-18-15-22(20-3-4-20)17-31-26(18)32-9-11-33(12-10-32)28(38)24-6-5-21(23-7-8-30-27(23)37)16-25(24)35-14-13-34(19(2)36)29(35)39/h5-6,15-17,20,23H,3-4,7-14H2,1-2H3,(H,30,37). The topological polar surface area (TPSA) is 106 Å². The minimum Gasteiger partial charge on any atom is -0.356 e. The maximum atomic E-state index is 13.8. The number of hydrogen-bond donors (Lipinski definition) is 1. The molecule has 4 aliphatic rings. The molecule has 0 spiro atoms. The lowest BCUT2D eigenvalue weighted by Gasteiger charge is -2.36. The van der Waals surface area contributed by atoms with E-state index in [2.05, 4.69) is 23.2 Å². The molecule has 0 radical (unpaired) electrons. The number of carbonyl (C=O) groups excluding carboxylic acids is 4. The maximum Gasteiger partial charge on any atom is 0.331 e. The Kier molecular flexibility index (Phi) is 6.48. The number of aryl methyl sites for hydroxylation is 1. The predicted molar refractivity (Wildman–Crippen MR) is 146 cm³/mol. The normalized spacial score (nSPS) is 21.5. The second-order valence-electron chi connectivity index (χ2n) is 11.0. The lowest BCUT2D eigenvalue weighted by atomic mass is 9.95. The van der Waals surface area contributed by atoms with E-state index in [1.165, 1.54) is 35.1 Å². The quantitative estimate of drug-likeness (QED) is 0.637. The van der Waals surface area contributed by atoms with Crippen molar-refractivity contribution < 1.29 is 19.2 Å². The molecule has 4 fully saturated rings. The highest BCUT2D eigenvalue weighted by Gasteiger charge is 2.37. The number of amides is 5. The first kappa shape index (κ1) is 25.3. The van der Waals surface area contributed by atoms with E-state index in [0.29, 0.717) is 62.9 Å². The van der Waals surface area contributed by atoms with Crippen LogP contribution in [0.15, 0.2) is 30.5 Å². The molecule has 1 saturated carbocycles. The molecule has 3 aliphatic heterocycles. The number of nitrogens with zero attached hydrogens (tertiary/aromatic N) is 5. The van der Waals surface area contributed by atoms with Crippen LogP contribution in [-0.2, 0) is 9.59 Å². The molecule has 1 aliphatic carbocycles. The first-order valence-electron chi connectivity index (χ1n) is 13.8. The fourth-order valence-electron chi connectivity index (χ4n) is 5.99. The summed E-state index contributed by atoms with van der Waals surface area (Å²) in [6, 6.07) is 7.14. The zero-order chi connectivity index (χ0) is 27.3. The van der Waals surface area contributed by atoms with Crippen molar-refractivity contribution in [2.75, 3.05) is 55.6 Å². The van der Waals surface area contributed by atoms with Gasteiger partial charge in [-0.3, -0.25) is 24.2 Å². The summed E-state index contributed by atoms with van der Waals surface area (Å²) in [5.41, 5.74) is 4.12. The minimum absolute atomic E-state index is 0.0525. The van der Waals surface area contributed by atoms with Crippen LogP contribution in [0.1, 0.15) is 65.1 Å². The van der Waals surface area contributed by atoms with Gasteiger partial charge in [0.25, 0.3) is 5.91 Å². The molecule has 1 unspecified atom stereocenters. The van der Waals surface area contributed by atoms with Gasteiger partial charge in [0.15, 0.2) is 0 Å². The van der Waals surface area contributed by atoms with E-state index in [0.717, 1.165) is 16.9 Å². The van der Waals surface area contributed by atoms with Gasteiger partial charge in [0.05, 0.1) is 17.2 Å². The van der Waals surface area contributed by atoms with Gasteiger partial charge in [-0.05, 0) is 60.9 Å². The van der Waals surface area contributed by atoms with Gasteiger partial charge in [-0.1, -0.05) is 12.1 Å². The molecule has 4 heterocycles. The molecule has 6 rings (SSSR count). The van der Waals surface area contributed by atoms with E-state index in [9.17, 15) is 19.2 Å². The van der Waals surface area contributed by atoms with E-state index in [1.54, 1.807) is 12.1 Å². The zero-order valence-corrected chi connectivity index (χ0v) is 22.5. The van der Waals surface area contributed by atoms with Crippen molar-refractivity contribution in [3.63, 3.8) is 0 Å². The van der Waals surface area contributed by atoms with Crippen LogP contribution in [0, 0.1) is 6.92 Å². The van der Waals surface area contributed by atoms with Crippen LogP contribution in [0.5, 0.6) is 0 Å². The minimum atomic E-state index is -0.439. The Morgan fingerprint density at radius 2 is 1.72 bits per heavy atom. The molecule has 3 saturated heterocycles. The van der Waals surface area contributed by atoms with Crippen LogP contribution >= 0.6 is 0 Å². The SMILES string of the molecule is CC(=O)N1CCN(c2cc(C3CCNC3=O)ccc2C(=O)N2CCN(c3ncc(C4CC4)cc3C)CC2)C1=O. The van der Waals surface area contributed by atoms with Crippen LogP contribution in [0.3, 0.4) is 0 Å². The van der Waals surface area contributed by atoms with Gasteiger partial charge >= 0.3 is 6.03 Å². The van der Waals surface area contributed by atoms with Gasteiger partial charge < -0.3 is 15.1 Å². The number of piperazine rings is 1. The lowest BCUT2D eigenvalue weighted by molar-refractivity contribution is -0.125. The summed E-state index contributed by atoms with van der Waals surface area (Å²) >= 11 is 0. The third kappa shape index (κ3) is 4.72. The molecule has 1 atom stereocenters. The molecule has 2 aromatic rings. The van der Waals surface area contributed by atoms with Crippen molar-refractivity contribution in [2.45, 2.75) is 44.9 Å². The van der Waals surface area contributed by atoms with Gasteiger partial charge in [0, 0.05) is 58.9 Å². The molecule has 10 heteroatoms. The van der Waals surface area contributed by atoms with Gasteiger partial charge in [-0.15, -0.1) is 0 Å². The number of imide groups is 1. The van der Waals surface area contributed by atoms with Crippen molar-refractivity contribution in [2.24, 2.45) is 0 Å². The molecule has 1 aromatic heterocycles. The Labute approximate surface area is 227 Å². The summed E-state index contributed by atoms with van der Waals surface area (Å²) in [6.45, 7) is 7.02. The number of benzene rings is 1. The molecule has 39 heavy (non-hydrogen) atoms. The third-order valence-electron chi connectivity index (χ3n) is 8.37. The van der Waals surface area contributed by atoms with Gasteiger partial charge in [-0.25, -0.2) is 9.78 Å². The van der Waals surface area contributed by atoms with Crippen molar-refractivity contribution in [3.05, 3.63) is 52.7 Å². The van der Waals surface area contributed by atoms with Crippen LogP contribution in [0.25, 0.3) is 0 Å². The number of rotatable bonds is 5. The predicted octanol–water partition coefficient (Wildman–Crippen LogP) is 2.62. The summed E-state index contributed by atoms with van der Waals surface area (Å²) in [5, 5.41) is 2.85. The zero-order valence-electron chi connectivity index (χ0n) is 22.5. The summed E-state index contributed by atoms with van der Waals surface area (Å²) in [7, 11) is 0. The number of anilines is 2. The Morgan fingerprint density at radius 3 is 2.33 bits per heavy atom. The molecule has 0 bridgehead atoms. The summed E-state index contributed by atoms with van der Waals surface area (Å²) < 4.78 is 0. The van der Waals surface area contributed by atoms with Crippen molar-refractivity contribution >= 4 is 35.3 Å². The molecular formula is C29H34N6O4. The highest BCUT2D eigenvalue weighted by atomic mass is 16.2. The fourth-order valence-corrected chi connectivity index (χ4v) is 5.99. The monoisotopic (exact) mass is 530 g/mol. The summed E-state index contributed by atoms with van der Waals surface area (Å²) in [5.74, 6) is 0.775. The first-order chi connectivity index (χ1) is 18.8. The maximum absolute atomic E-state index is 13.8. The molecule has 5 amide bonds. The third-order valence-corrected chi connectivity index (χ3v) is 8.37. The van der Waals surface area contributed by atoms with Crippen LogP contribution in [-0.4, -0.2) is 84.3 Å². The van der Waals surface area contributed by atoms with Crippen LogP contribution < -0.4 is 15.1 Å². The summed E-state index contributed by atoms with van der Waals surface area (Å²) in [4.78, 5) is 62.8. The second-order valence-corrected chi connectivity index (χ2v) is 11.0.